The molecule has 0 saturated carbocycles. The van der Waals surface area contributed by atoms with Crippen LogP contribution in [0.15, 0.2) is 58.2 Å². The summed E-state index contributed by atoms with van der Waals surface area (Å²) in [6.07, 6.45) is 0. The van der Waals surface area contributed by atoms with Gasteiger partial charge in [-0.3, -0.25) is 4.79 Å². The average Bonchev–Trinajstić information content (AvgIpc) is 3.04. The molecular weight excluding hydrogens is 430 g/mol. The van der Waals surface area contributed by atoms with E-state index in [1.165, 1.54) is 16.4 Å². The normalized spacial score (nSPS) is 11.8. The fourth-order valence-electron chi connectivity index (χ4n) is 2.28. The first-order valence-electron chi connectivity index (χ1n) is 8.06. The summed E-state index contributed by atoms with van der Waals surface area (Å²) in [5.41, 5.74) is 1.54. The van der Waals surface area contributed by atoms with Gasteiger partial charge in [0.2, 0.25) is 11.1 Å². The van der Waals surface area contributed by atoms with Gasteiger partial charge >= 0.3 is 0 Å². The number of carbonyl (C=O) groups excluding carboxylic acids is 1. The van der Waals surface area contributed by atoms with Gasteiger partial charge < -0.3 is 15.9 Å². The van der Waals surface area contributed by atoms with E-state index in [0.717, 1.165) is 21.5 Å². The number of nitrogens with two attached hydrogens (primary N) is 1. The second-order valence-corrected chi connectivity index (χ2v) is 7.88. The van der Waals surface area contributed by atoms with Crippen molar-refractivity contribution < 1.29 is 9.53 Å². The van der Waals surface area contributed by atoms with E-state index in [4.69, 9.17) is 10.6 Å². The Hall–Kier alpha value is -2.52. The van der Waals surface area contributed by atoms with Gasteiger partial charge in [0.25, 0.3) is 0 Å². The molecule has 9 heteroatoms. The fraction of sp³-hybridized carbons (Fsp3) is 0.167. The number of thioether (sulfide) groups is 1. The average molecular weight is 448 g/mol. The molecule has 0 spiro atoms. The molecule has 0 fully saturated rings. The maximum Gasteiger partial charge on any atom is 0.237 e. The molecule has 0 aliphatic heterocycles. The van der Waals surface area contributed by atoms with Gasteiger partial charge in [0.05, 0.1) is 12.4 Å². The number of carbonyl (C=O) groups is 1. The van der Waals surface area contributed by atoms with Crippen molar-refractivity contribution in [3.05, 3.63) is 53.0 Å². The van der Waals surface area contributed by atoms with Gasteiger partial charge in [-0.15, -0.1) is 10.2 Å². The molecule has 1 unspecified atom stereocenters. The number of nitrogen functional groups attached to an aromatic ring is 1. The van der Waals surface area contributed by atoms with Crippen molar-refractivity contribution in [3.63, 3.8) is 0 Å². The van der Waals surface area contributed by atoms with Crippen LogP contribution in [0.2, 0.25) is 0 Å². The van der Waals surface area contributed by atoms with Gasteiger partial charge in [0.1, 0.15) is 5.75 Å². The third-order valence-electron chi connectivity index (χ3n) is 3.78. The third kappa shape index (κ3) is 4.61. The highest BCUT2D eigenvalue weighted by Gasteiger charge is 2.20. The van der Waals surface area contributed by atoms with Crippen LogP contribution in [0.1, 0.15) is 6.92 Å². The number of nitrogens with one attached hydrogen (secondary N) is 1. The van der Waals surface area contributed by atoms with Crippen molar-refractivity contribution in [2.75, 3.05) is 18.3 Å². The Morgan fingerprint density at radius 3 is 2.48 bits per heavy atom. The molecule has 0 radical (unpaired) electrons. The molecule has 2 aromatic carbocycles. The summed E-state index contributed by atoms with van der Waals surface area (Å²) >= 11 is 4.61. The number of benzene rings is 2. The smallest absolute Gasteiger partial charge is 0.237 e. The Labute approximate surface area is 169 Å². The molecule has 3 N–H and O–H groups in total. The SMILES string of the molecule is COc1ccc(-c2nnc(SC(C)C(=O)Nc3ccc(Br)cc3)n2N)cc1. The van der Waals surface area contributed by atoms with E-state index in [0.29, 0.717) is 11.0 Å². The highest BCUT2D eigenvalue weighted by Crippen LogP contribution is 2.26. The number of anilines is 1. The number of aromatic nitrogens is 3. The lowest BCUT2D eigenvalue weighted by Crippen LogP contribution is -2.23. The summed E-state index contributed by atoms with van der Waals surface area (Å²) in [6.45, 7) is 1.79. The molecule has 140 valence electrons. The van der Waals surface area contributed by atoms with Gasteiger partial charge in [-0.25, -0.2) is 4.68 Å². The number of halogens is 1. The maximum absolute atomic E-state index is 12.4. The van der Waals surface area contributed by atoms with E-state index in [1.807, 2.05) is 48.5 Å². The minimum absolute atomic E-state index is 0.142. The second kappa shape index (κ2) is 8.45. The van der Waals surface area contributed by atoms with E-state index >= 15 is 0 Å². The van der Waals surface area contributed by atoms with Crippen LogP contribution in [0.25, 0.3) is 11.4 Å². The van der Waals surface area contributed by atoms with Crippen LogP contribution in [-0.2, 0) is 4.79 Å². The number of methoxy groups -OCH3 is 1. The molecule has 3 rings (SSSR count). The van der Waals surface area contributed by atoms with Crippen LogP contribution in [0.3, 0.4) is 0 Å². The van der Waals surface area contributed by atoms with Gasteiger partial charge in [0, 0.05) is 15.7 Å². The summed E-state index contributed by atoms with van der Waals surface area (Å²) in [6, 6.07) is 14.7. The summed E-state index contributed by atoms with van der Waals surface area (Å²) in [4.78, 5) is 12.4. The van der Waals surface area contributed by atoms with Crippen LogP contribution >= 0.6 is 27.7 Å². The minimum atomic E-state index is -0.399. The predicted octanol–water partition coefficient (Wildman–Crippen LogP) is 3.55. The van der Waals surface area contributed by atoms with Crippen molar-refractivity contribution in [2.45, 2.75) is 17.3 Å². The summed E-state index contributed by atoms with van der Waals surface area (Å²) in [7, 11) is 1.61. The lowest BCUT2D eigenvalue weighted by atomic mass is 10.2. The molecule has 1 atom stereocenters. The number of rotatable bonds is 6. The monoisotopic (exact) mass is 447 g/mol. The number of amides is 1. The van der Waals surface area contributed by atoms with Crippen LogP contribution in [-0.4, -0.2) is 33.1 Å². The summed E-state index contributed by atoms with van der Waals surface area (Å²) < 4.78 is 7.48. The standard InChI is InChI=1S/C18H18BrN5O2S/c1-11(17(25)21-14-7-5-13(19)6-8-14)27-18-23-22-16(24(18)20)12-3-9-15(26-2)10-4-12/h3-11H,20H2,1-2H3,(H,21,25). The molecular formula is C18H18BrN5O2S. The zero-order valence-electron chi connectivity index (χ0n) is 14.7. The highest BCUT2D eigenvalue weighted by molar-refractivity contribution is 9.10. The van der Waals surface area contributed by atoms with Gasteiger partial charge in [-0.2, -0.15) is 0 Å². The Morgan fingerprint density at radius 1 is 1.19 bits per heavy atom. The van der Waals surface area contributed by atoms with E-state index in [9.17, 15) is 4.79 Å². The van der Waals surface area contributed by atoms with Crippen molar-refractivity contribution in [3.8, 4) is 17.1 Å². The quantitative estimate of drug-likeness (QED) is 0.443. The Balaban J connectivity index is 1.68. The van der Waals surface area contributed by atoms with Crippen molar-refractivity contribution in [1.82, 2.24) is 14.9 Å². The van der Waals surface area contributed by atoms with Crippen LogP contribution < -0.4 is 15.9 Å². The summed E-state index contributed by atoms with van der Waals surface area (Å²) in [5, 5.41) is 11.2. The number of hydrogen-bond acceptors (Lipinski definition) is 6. The molecule has 1 aromatic heterocycles. The Kier molecular flexibility index (Phi) is 6.02. The second-order valence-electron chi connectivity index (χ2n) is 5.66. The first kappa shape index (κ1) is 19.2. The van der Waals surface area contributed by atoms with Gasteiger partial charge in [0.15, 0.2) is 5.82 Å². The fourth-order valence-corrected chi connectivity index (χ4v) is 3.32. The topological polar surface area (TPSA) is 95.1 Å². The van der Waals surface area contributed by atoms with Crippen molar-refractivity contribution >= 4 is 39.3 Å². The first-order valence-corrected chi connectivity index (χ1v) is 9.73. The molecule has 27 heavy (non-hydrogen) atoms. The van der Waals surface area contributed by atoms with E-state index in [2.05, 4.69) is 31.4 Å². The Bertz CT molecular complexity index is 928. The van der Waals surface area contributed by atoms with Crippen molar-refractivity contribution in [2.24, 2.45) is 0 Å². The van der Waals surface area contributed by atoms with Gasteiger partial charge in [-0.1, -0.05) is 27.7 Å². The molecule has 1 amide bonds. The molecule has 1 heterocycles. The maximum atomic E-state index is 12.4. The van der Waals surface area contributed by atoms with Gasteiger partial charge in [-0.05, 0) is 55.5 Å². The van der Waals surface area contributed by atoms with E-state index < -0.39 is 5.25 Å². The molecule has 3 aromatic rings. The molecule has 7 nitrogen and oxygen atoms in total. The molecule has 0 saturated heterocycles. The van der Waals surface area contributed by atoms with Crippen LogP contribution in [0.5, 0.6) is 5.75 Å². The van der Waals surface area contributed by atoms with Crippen molar-refractivity contribution in [1.29, 1.82) is 0 Å². The highest BCUT2D eigenvalue weighted by atomic mass is 79.9. The van der Waals surface area contributed by atoms with E-state index in [1.54, 1.807) is 14.0 Å². The number of ether oxygens (including phenoxy) is 1. The zero-order valence-corrected chi connectivity index (χ0v) is 17.1. The zero-order chi connectivity index (χ0) is 19.4. The van der Waals surface area contributed by atoms with E-state index in [-0.39, 0.29) is 5.91 Å². The number of hydrogen-bond donors (Lipinski definition) is 2. The number of nitrogens with zero attached hydrogens (tertiary/aromatic N) is 3. The molecule has 0 aliphatic carbocycles. The lowest BCUT2D eigenvalue weighted by molar-refractivity contribution is -0.115. The Morgan fingerprint density at radius 2 is 1.85 bits per heavy atom. The molecule has 0 aliphatic rings. The predicted molar refractivity (Wildman–Crippen MR) is 110 cm³/mol. The molecule has 0 bridgehead atoms. The minimum Gasteiger partial charge on any atom is -0.497 e. The summed E-state index contributed by atoms with van der Waals surface area (Å²) in [5.74, 6) is 7.24. The lowest BCUT2D eigenvalue weighted by Gasteiger charge is -2.11. The first-order chi connectivity index (χ1) is 13.0. The third-order valence-corrected chi connectivity index (χ3v) is 5.36. The largest absolute Gasteiger partial charge is 0.497 e. The van der Waals surface area contributed by atoms with Crippen LogP contribution in [0.4, 0.5) is 5.69 Å². The van der Waals surface area contributed by atoms with Crippen LogP contribution in [0, 0.1) is 0 Å².